The van der Waals surface area contributed by atoms with Crippen molar-refractivity contribution in [3.63, 3.8) is 0 Å². The highest BCUT2D eigenvalue weighted by Crippen LogP contribution is 2.48. The van der Waals surface area contributed by atoms with Gasteiger partial charge in [-0.2, -0.15) is 0 Å². The van der Waals surface area contributed by atoms with Crippen LogP contribution >= 0.6 is 0 Å². The molecule has 1 spiro atoms. The summed E-state index contributed by atoms with van der Waals surface area (Å²) >= 11 is 0. The lowest BCUT2D eigenvalue weighted by atomic mass is 9.75. The normalized spacial score (nSPS) is 18.9. The van der Waals surface area contributed by atoms with Crippen molar-refractivity contribution in [2.24, 2.45) is 5.41 Å². The number of rotatable bonds is 4. The van der Waals surface area contributed by atoms with E-state index in [1.807, 2.05) is 30.3 Å². The number of hydrogen-bond acceptors (Lipinski definition) is 7. The first kappa shape index (κ1) is 19.7. The maximum Gasteiger partial charge on any atom is 0.289 e. The van der Waals surface area contributed by atoms with Crippen LogP contribution in [0.3, 0.4) is 0 Å². The van der Waals surface area contributed by atoms with Gasteiger partial charge in [-0.1, -0.05) is 18.6 Å². The largest absolute Gasteiger partial charge is 0.355 e. The summed E-state index contributed by atoms with van der Waals surface area (Å²) in [6.45, 7) is 1.70. The maximum absolute atomic E-state index is 12.7. The van der Waals surface area contributed by atoms with E-state index in [9.17, 15) is 4.79 Å². The van der Waals surface area contributed by atoms with E-state index >= 15 is 0 Å². The van der Waals surface area contributed by atoms with Gasteiger partial charge in [0.05, 0.1) is 5.52 Å². The van der Waals surface area contributed by atoms with E-state index in [0.29, 0.717) is 5.82 Å². The molecule has 1 atom stereocenters. The lowest BCUT2D eigenvalue weighted by Crippen LogP contribution is -2.64. The van der Waals surface area contributed by atoms with Gasteiger partial charge in [0, 0.05) is 60.3 Å². The fourth-order valence-corrected chi connectivity index (χ4v) is 5.17. The molecule has 0 radical (unpaired) electrons. The Morgan fingerprint density at radius 3 is 2.67 bits per heavy atom. The Labute approximate surface area is 191 Å². The van der Waals surface area contributed by atoms with Crippen molar-refractivity contribution in [2.45, 2.75) is 25.3 Å². The van der Waals surface area contributed by atoms with Crippen molar-refractivity contribution in [1.82, 2.24) is 30.2 Å². The number of carbonyl (C=O) groups is 1. The molecule has 1 aliphatic heterocycles. The van der Waals surface area contributed by atoms with Gasteiger partial charge in [-0.25, -0.2) is 19.9 Å². The zero-order valence-corrected chi connectivity index (χ0v) is 18.1. The van der Waals surface area contributed by atoms with Crippen molar-refractivity contribution in [3.8, 4) is 11.4 Å². The van der Waals surface area contributed by atoms with Gasteiger partial charge in [0.2, 0.25) is 5.82 Å². The predicted octanol–water partition coefficient (Wildman–Crippen LogP) is 3.27. The first-order chi connectivity index (χ1) is 16.2. The van der Waals surface area contributed by atoms with Crippen molar-refractivity contribution in [2.75, 3.05) is 18.0 Å². The molecule has 1 saturated carbocycles. The number of benzene rings is 1. The third-order valence-corrected chi connectivity index (χ3v) is 6.79. The third kappa shape index (κ3) is 3.47. The average molecular weight is 438 g/mol. The summed E-state index contributed by atoms with van der Waals surface area (Å²) < 4.78 is 0. The monoisotopic (exact) mass is 437 g/mol. The van der Waals surface area contributed by atoms with Crippen LogP contribution in [-0.4, -0.2) is 50.0 Å². The summed E-state index contributed by atoms with van der Waals surface area (Å²) in [5, 5.41) is 4.24. The molecule has 1 amide bonds. The quantitative estimate of drug-likeness (QED) is 0.523. The summed E-state index contributed by atoms with van der Waals surface area (Å²) in [4.78, 5) is 37.1. The van der Waals surface area contributed by atoms with E-state index in [1.165, 1.54) is 0 Å². The second-order valence-corrected chi connectivity index (χ2v) is 8.84. The number of pyridine rings is 1. The Bertz CT molecular complexity index is 1310. The molecule has 1 N–H and O–H groups in total. The van der Waals surface area contributed by atoms with E-state index in [2.05, 4.69) is 31.2 Å². The van der Waals surface area contributed by atoms with Crippen LogP contribution in [0.1, 0.15) is 29.9 Å². The van der Waals surface area contributed by atoms with Gasteiger partial charge in [0.1, 0.15) is 5.82 Å². The van der Waals surface area contributed by atoms with Gasteiger partial charge in [0.15, 0.2) is 5.82 Å². The van der Waals surface area contributed by atoms with Crippen LogP contribution in [0.5, 0.6) is 0 Å². The highest BCUT2D eigenvalue weighted by molar-refractivity contribution is 5.92. The minimum Gasteiger partial charge on any atom is -0.355 e. The predicted molar refractivity (Wildman–Crippen MR) is 125 cm³/mol. The van der Waals surface area contributed by atoms with E-state index in [1.54, 1.807) is 30.9 Å². The van der Waals surface area contributed by atoms with Gasteiger partial charge < -0.3 is 10.2 Å². The SMILES string of the molecule is O=C(NC1CCCC12CN(c1nc(-c3cccnc3)nc3ccccc13)C2)c1ncccn1. The zero-order valence-electron chi connectivity index (χ0n) is 18.1. The van der Waals surface area contributed by atoms with E-state index in [-0.39, 0.29) is 23.2 Å². The van der Waals surface area contributed by atoms with Crippen LogP contribution in [0.2, 0.25) is 0 Å². The highest BCUT2D eigenvalue weighted by Gasteiger charge is 2.52. The van der Waals surface area contributed by atoms with E-state index < -0.39 is 0 Å². The summed E-state index contributed by atoms with van der Waals surface area (Å²) in [6.07, 6.45) is 9.88. The molecule has 1 aliphatic carbocycles. The first-order valence-electron chi connectivity index (χ1n) is 11.2. The smallest absolute Gasteiger partial charge is 0.289 e. The molecule has 8 nitrogen and oxygen atoms in total. The molecule has 1 saturated heterocycles. The zero-order chi connectivity index (χ0) is 22.3. The van der Waals surface area contributed by atoms with Gasteiger partial charge in [-0.3, -0.25) is 9.78 Å². The van der Waals surface area contributed by atoms with Crippen LogP contribution in [-0.2, 0) is 0 Å². The topological polar surface area (TPSA) is 96.8 Å². The van der Waals surface area contributed by atoms with Gasteiger partial charge in [-0.15, -0.1) is 0 Å². The number of para-hydroxylation sites is 1. The third-order valence-electron chi connectivity index (χ3n) is 6.79. The second-order valence-electron chi connectivity index (χ2n) is 8.84. The van der Waals surface area contributed by atoms with Crippen LogP contribution < -0.4 is 10.2 Å². The van der Waals surface area contributed by atoms with E-state index in [0.717, 1.165) is 54.6 Å². The molecule has 4 heterocycles. The van der Waals surface area contributed by atoms with E-state index in [4.69, 9.17) is 9.97 Å². The molecule has 4 aromatic rings. The Balaban J connectivity index is 1.28. The summed E-state index contributed by atoms with van der Waals surface area (Å²) in [5.41, 5.74) is 1.86. The van der Waals surface area contributed by atoms with Crippen LogP contribution in [0.4, 0.5) is 5.82 Å². The Kier molecular flexibility index (Phi) is 4.71. The number of nitrogens with zero attached hydrogens (tertiary/aromatic N) is 6. The molecule has 164 valence electrons. The Morgan fingerprint density at radius 2 is 1.85 bits per heavy atom. The lowest BCUT2D eigenvalue weighted by molar-refractivity contribution is 0.0858. The van der Waals surface area contributed by atoms with Gasteiger partial charge in [0.25, 0.3) is 5.91 Å². The number of anilines is 1. The summed E-state index contributed by atoms with van der Waals surface area (Å²) in [7, 11) is 0. The molecule has 33 heavy (non-hydrogen) atoms. The van der Waals surface area contributed by atoms with Crippen LogP contribution in [0.15, 0.2) is 67.3 Å². The van der Waals surface area contributed by atoms with Crippen molar-refractivity contribution >= 4 is 22.6 Å². The summed E-state index contributed by atoms with van der Waals surface area (Å²) in [5.74, 6) is 1.63. The summed E-state index contributed by atoms with van der Waals surface area (Å²) in [6, 6.07) is 13.8. The minimum absolute atomic E-state index is 0.0466. The Hall–Kier alpha value is -3.94. The molecule has 8 heteroatoms. The second kappa shape index (κ2) is 7.88. The molecule has 3 aromatic heterocycles. The molecular weight excluding hydrogens is 414 g/mol. The molecule has 6 rings (SSSR count). The number of carbonyl (C=O) groups excluding carboxylic acids is 1. The fourth-order valence-electron chi connectivity index (χ4n) is 5.17. The maximum atomic E-state index is 12.7. The molecule has 2 fully saturated rings. The number of aromatic nitrogens is 5. The molecule has 2 aliphatic rings. The van der Waals surface area contributed by atoms with Crippen LogP contribution in [0, 0.1) is 5.41 Å². The van der Waals surface area contributed by atoms with Gasteiger partial charge >= 0.3 is 0 Å². The average Bonchev–Trinajstić information content (AvgIpc) is 3.27. The van der Waals surface area contributed by atoms with Crippen LogP contribution in [0.25, 0.3) is 22.3 Å². The van der Waals surface area contributed by atoms with Crippen molar-refractivity contribution in [3.05, 3.63) is 73.1 Å². The number of nitrogens with one attached hydrogen (secondary N) is 1. The Morgan fingerprint density at radius 1 is 1.00 bits per heavy atom. The number of amides is 1. The highest BCUT2D eigenvalue weighted by atomic mass is 16.2. The molecular formula is C25H23N7O. The number of fused-ring (bicyclic) bond motifs is 1. The van der Waals surface area contributed by atoms with Crippen molar-refractivity contribution in [1.29, 1.82) is 0 Å². The number of hydrogen-bond donors (Lipinski definition) is 1. The standard InChI is InChI=1S/C25H23N7O/c33-24(22-27-12-5-13-28-22)30-20-9-3-10-25(20)15-32(16-25)23-18-7-1-2-8-19(18)29-21(31-23)17-6-4-11-26-14-17/h1-2,4-8,11-14,20H,3,9-10,15-16H2,(H,30,33). The minimum atomic E-state index is -0.202. The molecule has 1 aromatic carbocycles. The van der Waals surface area contributed by atoms with Crippen molar-refractivity contribution < 1.29 is 4.79 Å². The first-order valence-corrected chi connectivity index (χ1v) is 11.2. The fraction of sp³-hybridized carbons (Fsp3) is 0.280. The van der Waals surface area contributed by atoms with Gasteiger partial charge in [-0.05, 0) is 43.2 Å². The molecule has 0 bridgehead atoms. The lowest BCUT2D eigenvalue weighted by Gasteiger charge is -2.52. The molecule has 1 unspecified atom stereocenters.